The third-order valence-corrected chi connectivity index (χ3v) is 5.95. The lowest BCUT2D eigenvalue weighted by Crippen LogP contribution is -2.21. The van der Waals surface area contributed by atoms with Crippen molar-refractivity contribution in [2.75, 3.05) is 14.2 Å². The van der Waals surface area contributed by atoms with Gasteiger partial charge in [0.25, 0.3) is 0 Å². The molecule has 0 fully saturated rings. The monoisotopic (exact) mass is 461 g/mol. The van der Waals surface area contributed by atoms with E-state index < -0.39 is 0 Å². The van der Waals surface area contributed by atoms with Gasteiger partial charge in [0.05, 0.1) is 25.9 Å². The number of furan rings is 1. The summed E-state index contributed by atoms with van der Waals surface area (Å²) >= 11 is 0. The van der Waals surface area contributed by atoms with E-state index in [9.17, 15) is 14.9 Å². The SMILES string of the molecule is COc1ccc(C(C#N)=Cc2ccc(-c3cccc4c3C(=O)c3ccccc3C4=O)o2)cc1OC. The van der Waals surface area contributed by atoms with Crippen molar-refractivity contribution < 1.29 is 23.5 Å². The number of nitriles is 1. The van der Waals surface area contributed by atoms with Crippen LogP contribution < -0.4 is 9.47 Å². The fourth-order valence-corrected chi connectivity index (χ4v) is 4.25. The van der Waals surface area contributed by atoms with E-state index in [2.05, 4.69) is 6.07 Å². The van der Waals surface area contributed by atoms with Crippen LogP contribution in [0, 0.1) is 11.3 Å². The summed E-state index contributed by atoms with van der Waals surface area (Å²) in [5.74, 6) is 1.51. The molecule has 4 aromatic rings. The number of hydrogen-bond acceptors (Lipinski definition) is 6. The van der Waals surface area contributed by atoms with Gasteiger partial charge in [0.15, 0.2) is 23.1 Å². The van der Waals surface area contributed by atoms with Gasteiger partial charge in [-0.3, -0.25) is 9.59 Å². The molecule has 0 N–H and O–H groups in total. The van der Waals surface area contributed by atoms with Gasteiger partial charge < -0.3 is 13.9 Å². The summed E-state index contributed by atoms with van der Waals surface area (Å²) in [4.78, 5) is 26.3. The molecule has 0 radical (unpaired) electrons. The molecule has 0 unspecified atom stereocenters. The zero-order valence-corrected chi connectivity index (χ0v) is 19.0. The van der Waals surface area contributed by atoms with Crippen molar-refractivity contribution in [1.82, 2.24) is 0 Å². The third-order valence-electron chi connectivity index (χ3n) is 5.95. The maximum absolute atomic E-state index is 13.3. The average Bonchev–Trinajstić information content (AvgIpc) is 3.38. The maximum Gasteiger partial charge on any atom is 0.195 e. The van der Waals surface area contributed by atoms with Crippen LogP contribution in [-0.4, -0.2) is 25.8 Å². The van der Waals surface area contributed by atoms with Crippen molar-refractivity contribution in [3.63, 3.8) is 0 Å². The van der Waals surface area contributed by atoms with Crippen molar-refractivity contribution in [1.29, 1.82) is 5.26 Å². The zero-order valence-electron chi connectivity index (χ0n) is 19.0. The number of nitrogens with zero attached hydrogens (tertiary/aromatic N) is 1. The van der Waals surface area contributed by atoms with E-state index in [1.54, 1.807) is 86.0 Å². The molecule has 6 heteroatoms. The highest BCUT2D eigenvalue weighted by molar-refractivity contribution is 6.30. The Morgan fingerprint density at radius 2 is 1.49 bits per heavy atom. The minimum Gasteiger partial charge on any atom is -0.493 e. The summed E-state index contributed by atoms with van der Waals surface area (Å²) in [5, 5.41) is 9.76. The number of hydrogen-bond donors (Lipinski definition) is 0. The molecule has 0 saturated heterocycles. The molecular formula is C29H19NO5. The van der Waals surface area contributed by atoms with Crippen molar-refractivity contribution in [3.05, 3.63) is 106 Å². The van der Waals surface area contributed by atoms with Gasteiger partial charge >= 0.3 is 0 Å². The predicted molar refractivity (Wildman–Crippen MR) is 130 cm³/mol. The van der Waals surface area contributed by atoms with E-state index in [0.29, 0.717) is 62.0 Å². The molecular weight excluding hydrogens is 442 g/mol. The molecule has 1 aliphatic rings. The molecule has 1 aromatic heterocycles. The molecule has 0 spiro atoms. The Labute approximate surface area is 201 Å². The quantitative estimate of drug-likeness (QED) is 0.307. The minimum absolute atomic E-state index is 0.191. The highest BCUT2D eigenvalue weighted by Gasteiger charge is 2.32. The number of fused-ring (bicyclic) bond motifs is 2. The summed E-state index contributed by atoms with van der Waals surface area (Å²) in [6, 6.07) is 22.8. The molecule has 1 aliphatic carbocycles. The number of methoxy groups -OCH3 is 2. The molecule has 5 rings (SSSR count). The molecule has 6 nitrogen and oxygen atoms in total. The lowest BCUT2D eigenvalue weighted by molar-refractivity contribution is 0.0979. The van der Waals surface area contributed by atoms with Crippen LogP contribution in [-0.2, 0) is 0 Å². The molecule has 0 bridgehead atoms. The number of benzene rings is 3. The van der Waals surface area contributed by atoms with Gasteiger partial charge in [-0.1, -0.05) is 42.5 Å². The van der Waals surface area contributed by atoms with Gasteiger partial charge in [0.1, 0.15) is 11.5 Å². The van der Waals surface area contributed by atoms with Crippen molar-refractivity contribution in [2.24, 2.45) is 0 Å². The first-order valence-electron chi connectivity index (χ1n) is 10.8. The smallest absolute Gasteiger partial charge is 0.195 e. The summed E-state index contributed by atoms with van der Waals surface area (Å²) in [6.45, 7) is 0. The average molecular weight is 461 g/mol. The number of ketones is 2. The van der Waals surface area contributed by atoms with Gasteiger partial charge in [0, 0.05) is 27.8 Å². The van der Waals surface area contributed by atoms with Crippen LogP contribution in [0.3, 0.4) is 0 Å². The first-order valence-corrected chi connectivity index (χ1v) is 10.8. The Balaban J connectivity index is 1.55. The predicted octanol–water partition coefficient (Wildman–Crippen LogP) is 5.80. The van der Waals surface area contributed by atoms with E-state index in [4.69, 9.17) is 13.9 Å². The van der Waals surface area contributed by atoms with Gasteiger partial charge in [0.2, 0.25) is 0 Å². The topological polar surface area (TPSA) is 89.5 Å². The summed E-state index contributed by atoms with van der Waals surface area (Å²) in [5.41, 5.74) is 2.98. The third kappa shape index (κ3) is 3.69. The lowest BCUT2D eigenvalue weighted by Gasteiger charge is -2.19. The molecule has 0 saturated carbocycles. The van der Waals surface area contributed by atoms with Crippen LogP contribution in [0.1, 0.15) is 43.2 Å². The second-order valence-electron chi connectivity index (χ2n) is 7.87. The Morgan fingerprint density at radius 1 is 0.800 bits per heavy atom. The van der Waals surface area contributed by atoms with Crippen LogP contribution in [0.4, 0.5) is 0 Å². The van der Waals surface area contributed by atoms with Crippen molar-refractivity contribution >= 4 is 23.2 Å². The number of carbonyl (C=O) groups is 2. The largest absolute Gasteiger partial charge is 0.493 e. The number of ether oxygens (including phenoxy) is 2. The maximum atomic E-state index is 13.3. The molecule has 35 heavy (non-hydrogen) atoms. The summed E-state index contributed by atoms with van der Waals surface area (Å²) in [7, 11) is 3.07. The van der Waals surface area contributed by atoms with Gasteiger partial charge in [-0.15, -0.1) is 0 Å². The van der Waals surface area contributed by atoms with E-state index in [-0.39, 0.29) is 11.6 Å². The summed E-state index contributed by atoms with van der Waals surface area (Å²) in [6.07, 6.45) is 1.61. The standard InChI is InChI=1S/C29H19NO5/c1-33-25-12-10-17(15-26(25)34-2)18(16-30)14-19-11-13-24(35-19)22-8-5-9-23-27(22)29(32)21-7-4-3-6-20(21)28(23)31/h3-15H,1-2H3. The van der Waals surface area contributed by atoms with E-state index in [1.165, 1.54) is 7.11 Å². The summed E-state index contributed by atoms with van der Waals surface area (Å²) < 4.78 is 16.6. The van der Waals surface area contributed by atoms with Crippen molar-refractivity contribution in [3.8, 4) is 28.9 Å². The number of rotatable bonds is 5. The number of carbonyl (C=O) groups excluding carboxylic acids is 2. The van der Waals surface area contributed by atoms with Crippen molar-refractivity contribution in [2.45, 2.75) is 0 Å². The molecule has 1 heterocycles. The van der Waals surface area contributed by atoms with Gasteiger partial charge in [-0.05, 0) is 42.0 Å². The molecule has 170 valence electrons. The first-order chi connectivity index (χ1) is 17.0. The highest BCUT2D eigenvalue weighted by atomic mass is 16.5. The molecule has 0 aliphatic heterocycles. The molecule has 0 atom stereocenters. The van der Waals surface area contributed by atoms with Crippen LogP contribution >= 0.6 is 0 Å². The van der Waals surface area contributed by atoms with Gasteiger partial charge in [-0.25, -0.2) is 0 Å². The molecule has 0 amide bonds. The Bertz CT molecular complexity index is 1570. The van der Waals surface area contributed by atoms with E-state index >= 15 is 0 Å². The first kappa shape index (κ1) is 21.9. The number of allylic oxidation sites excluding steroid dienone is 1. The lowest BCUT2D eigenvalue weighted by atomic mass is 9.81. The van der Waals surface area contributed by atoms with Gasteiger partial charge in [-0.2, -0.15) is 5.26 Å². The zero-order chi connectivity index (χ0) is 24.5. The Kier molecular flexibility index (Phi) is 5.52. The fraction of sp³-hybridized carbons (Fsp3) is 0.0690. The molecule has 3 aromatic carbocycles. The fourth-order valence-electron chi connectivity index (χ4n) is 4.25. The highest BCUT2D eigenvalue weighted by Crippen LogP contribution is 2.36. The van der Waals surface area contributed by atoms with Crippen LogP contribution in [0.25, 0.3) is 23.0 Å². The van der Waals surface area contributed by atoms with E-state index in [0.717, 1.165) is 0 Å². The minimum atomic E-state index is -0.220. The second-order valence-corrected chi connectivity index (χ2v) is 7.87. The van der Waals surface area contributed by atoms with Crippen LogP contribution in [0.2, 0.25) is 0 Å². The Hall–Kier alpha value is -4.89. The van der Waals surface area contributed by atoms with E-state index in [1.807, 2.05) is 0 Å². The van der Waals surface area contributed by atoms with Crippen LogP contribution in [0.15, 0.2) is 77.2 Å². The van der Waals surface area contributed by atoms with Crippen LogP contribution in [0.5, 0.6) is 11.5 Å². The Morgan fingerprint density at radius 3 is 2.20 bits per heavy atom. The normalized spacial score (nSPS) is 12.5. The second kappa shape index (κ2) is 8.81.